The van der Waals surface area contributed by atoms with Gasteiger partial charge >= 0.3 is 5.97 Å². The molecule has 0 aliphatic rings. The van der Waals surface area contributed by atoms with Gasteiger partial charge in [0.15, 0.2) is 5.69 Å². The first-order chi connectivity index (χ1) is 7.06. The Bertz CT molecular complexity index is 341. The Balaban J connectivity index is 2.73. The minimum absolute atomic E-state index is 0.118. The molecule has 1 heterocycles. The fraction of sp³-hybridized carbons (Fsp3) is 0.500. The van der Waals surface area contributed by atoms with Crippen LogP contribution in [0.15, 0.2) is 5.38 Å². The summed E-state index contributed by atoms with van der Waals surface area (Å²) in [5.41, 5.74) is -0.118. The summed E-state index contributed by atoms with van der Waals surface area (Å²) in [5.74, 6) is -0.705. The fourth-order valence-corrected chi connectivity index (χ4v) is 2.07. The van der Waals surface area contributed by atoms with Crippen molar-refractivity contribution < 1.29 is 20.1 Å². The third-order valence-corrected chi connectivity index (χ3v) is 2.96. The summed E-state index contributed by atoms with van der Waals surface area (Å²) in [5, 5.41) is 29.2. The van der Waals surface area contributed by atoms with Gasteiger partial charge in [-0.2, -0.15) is 12.6 Å². The lowest BCUT2D eigenvalue weighted by Crippen LogP contribution is -2.18. The average molecular weight is 249 g/mol. The Morgan fingerprint density at radius 2 is 2.27 bits per heavy atom. The monoisotopic (exact) mass is 249 g/mol. The quantitative estimate of drug-likeness (QED) is 0.572. The number of thiol groups is 1. The van der Waals surface area contributed by atoms with Crippen LogP contribution >= 0.6 is 24.0 Å². The topological polar surface area (TPSA) is 90.7 Å². The number of aromatic nitrogens is 1. The number of rotatable bonds is 5. The first kappa shape index (κ1) is 12.4. The summed E-state index contributed by atoms with van der Waals surface area (Å²) < 4.78 is 0. The van der Waals surface area contributed by atoms with Crippen molar-refractivity contribution in [1.82, 2.24) is 4.98 Å². The minimum atomic E-state index is -1.15. The number of hydrogen-bond acceptors (Lipinski definition) is 6. The molecule has 0 saturated carbocycles. The van der Waals surface area contributed by atoms with Gasteiger partial charge in [-0.1, -0.05) is 0 Å². The molecule has 2 atom stereocenters. The minimum Gasteiger partial charge on any atom is -0.476 e. The standard InChI is InChI=1S/C8H11NO4S2/c10-5(1-2-14)6(11)7-9-4(3-15-7)8(12)13/h3,5-6,10-11,14H,1-2H2,(H,12,13). The van der Waals surface area contributed by atoms with Gasteiger partial charge in [0.05, 0.1) is 6.10 Å². The van der Waals surface area contributed by atoms with E-state index in [2.05, 4.69) is 17.6 Å². The van der Waals surface area contributed by atoms with Crippen LogP contribution in [-0.4, -0.2) is 38.1 Å². The summed E-state index contributed by atoms with van der Waals surface area (Å²) in [7, 11) is 0. The molecule has 0 saturated heterocycles. The lowest BCUT2D eigenvalue weighted by Gasteiger charge is -2.13. The molecule has 1 rings (SSSR count). The highest BCUT2D eigenvalue weighted by molar-refractivity contribution is 7.80. The van der Waals surface area contributed by atoms with Crippen LogP contribution in [-0.2, 0) is 0 Å². The van der Waals surface area contributed by atoms with Crippen LogP contribution in [0.4, 0.5) is 0 Å². The summed E-state index contributed by atoms with van der Waals surface area (Å²) in [6.07, 6.45) is -1.78. The Morgan fingerprint density at radius 1 is 1.60 bits per heavy atom. The van der Waals surface area contributed by atoms with E-state index < -0.39 is 18.2 Å². The highest BCUT2D eigenvalue weighted by Gasteiger charge is 2.22. The van der Waals surface area contributed by atoms with E-state index in [0.29, 0.717) is 12.2 Å². The molecule has 2 unspecified atom stereocenters. The molecule has 0 bridgehead atoms. The van der Waals surface area contributed by atoms with Gasteiger partial charge in [-0.05, 0) is 12.2 Å². The molecule has 15 heavy (non-hydrogen) atoms. The van der Waals surface area contributed by atoms with Crippen molar-refractivity contribution in [2.45, 2.75) is 18.6 Å². The Hall–Kier alpha value is -0.630. The fourth-order valence-electron chi connectivity index (χ4n) is 0.976. The van der Waals surface area contributed by atoms with Gasteiger partial charge in [0, 0.05) is 5.38 Å². The first-order valence-corrected chi connectivity index (χ1v) is 5.73. The van der Waals surface area contributed by atoms with Crippen LogP contribution in [0.2, 0.25) is 0 Å². The zero-order valence-corrected chi connectivity index (χ0v) is 9.41. The van der Waals surface area contributed by atoms with Crippen molar-refractivity contribution in [3.8, 4) is 0 Å². The number of thiazole rings is 1. The lowest BCUT2D eigenvalue weighted by molar-refractivity contribution is 0.0169. The molecule has 0 aliphatic heterocycles. The van der Waals surface area contributed by atoms with Gasteiger partial charge in [-0.15, -0.1) is 11.3 Å². The molecule has 0 aliphatic carbocycles. The molecule has 5 nitrogen and oxygen atoms in total. The predicted molar refractivity (Wildman–Crippen MR) is 58.5 cm³/mol. The van der Waals surface area contributed by atoms with Crippen LogP contribution in [0, 0.1) is 0 Å². The second-order valence-corrected chi connectivity index (χ2v) is 4.24. The molecule has 0 amide bonds. The van der Waals surface area contributed by atoms with Crippen molar-refractivity contribution in [3.63, 3.8) is 0 Å². The molecule has 0 fully saturated rings. The van der Waals surface area contributed by atoms with Crippen molar-refractivity contribution in [2.24, 2.45) is 0 Å². The molecular weight excluding hydrogens is 238 g/mol. The average Bonchev–Trinajstić information content (AvgIpc) is 2.65. The second-order valence-electron chi connectivity index (χ2n) is 2.90. The summed E-state index contributed by atoms with van der Waals surface area (Å²) >= 11 is 4.94. The molecule has 0 spiro atoms. The van der Waals surface area contributed by atoms with Crippen LogP contribution in [0.25, 0.3) is 0 Å². The summed E-state index contributed by atoms with van der Waals surface area (Å²) in [6.45, 7) is 0. The lowest BCUT2D eigenvalue weighted by atomic mass is 10.1. The molecular formula is C8H11NO4S2. The molecule has 0 radical (unpaired) electrons. The zero-order valence-electron chi connectivity index (χ0n) is 7.70. The summed E-state index contributed by atoms with van der Waals surface area (Å²) in [6, 6.07) is 0. The van der Waals surface area contributed by atoms with E-state index in [1.165, 1.54) is 5.38 Å². The summed E-state index contributed by atoms with van der Waals surface area (Å²) in [4.78, 5) is 14.2. The molecule has 0 aromatic carbocycles. The Labute approximate surface area is 95.8 Å². The molecule has 3 N–H and O–H groups in total. The van der Waals surface area contributed by atoms with Crippen LogP contribution in [0.3, 0.4) is 0 Å². The number of carboxylic acid groups (broad SMARTS) is 1. The molecule has 1 aromatic heterocycles. The van der Waals surface area contributed by atoms with Gasteiger partial charge in [-0.25, -0.2) is 9.78 Å². The van der Waals surface area contributed by atoms with Gasteiger partial charge < -0.3 is 15.3 Å². The number of aliphatic hydroxyl groups is 2. The van der Waals surface area contributed by atoms with Crippen molar-refractivity contribution in [3.05, 3.63) is 16.1 Å². The maximum atomic E-state index is 10.5. The third kappa shape index (κ3) is 3.16. The smallest absolute Gasteiger partial charge is 0.355 e. The maximum Gasteiger partial charge on any atom is 0.355 e. The molecule has 7 heteroatoms. The van der Waals surface area contributed by atoms with E-state index in [9.17, 15) is 15.0 Å². The van der Waals surface area contributed by atoms with Gasteiger partial charge in [0.1, 0.15) is 11.1 Å². The normalized spacial score (nSPS) is 14.9. The predicted octanol–water partition coefficient (Wildman–Crippen LogP) is 0.555. The highest BCUT2D eigenvalue weighted by Crippen LogP contribution is 2.22. The van der Waals surface area contributed by atoms with Gasteiger partial charge in [0.2, 0.25) is 0 Å². The van der Waals surface area contributed by atoms with E-state index in [1.807, 2.05) is 0 Å². The van der Waals surface area contributed by atoms with Gasteiger partial charge in [0.25, 0.3) is 0 Å². The number of nitrogens with zero attached hydrogens (tertiary/aromatic N) is 1. The van der Waals surface area contributed by atoms with Crippen LogP contribution < -0.4 is 0 Å². The Morgan fingerprint density at radius 3 is 2.73 bits per heavy atom. The van der Waals surface area contributed by atoms with E-state index in [0.717, 1.165) is 11.3 Å². The Kier molecular flexibility index (Phi) is 4.52. The van der Waals surface area contributed by atoms with E-state index in [1.54, 1.807) is 0 Å². The van der Waals surface area contributed by atoms with Crippen LogP contribution in [0.1, 0.15) is 28.0 Å². The molecule has 84 valence electrons. The van der Waals surface area contributed by atoms with Crippen molar-refractivity contribution in [2.75, 3.05) is 5.75 Å². The third-order valence-electron chi connectivity index (χ3n) is 1.78. The number of carboxylic acids is 1. The number of aromatic carboxylic acids is 1. The number of aliphatic hydroxyl groups excluding tert-OH is 2. The highest BCUT2D eigenvalue weighted by atomic mass is 32.1. The number of carbonyl (C=O) groups is 1. The van der Waals surface area contributed by atoms with Crippen molar-refractivity contribution in [1.29, 1.82) is 0 Å². The number of hydrogen-bond donors (Lipinski definition) is 4. The largest absolute Gasteiger partial charge is 0.476 e. The second kappa shape index (κ2) is 5.45. The molecule has 1 aromatic rings. The van der Waals surface area contributed by atoms with E-state index >= 15 is 0 Å². The van der Waals surface area contributed by atoms with Gasteiger partial charge in [-0.3, -0.25) is 0 Å². The maximum absolute atomic E-state index is 10.5. The van der Waals surface area contributed by atoms with E-state index in [4.69, 9.17) is 5.11 Å². The van der Waals surface area contributed by atoms with E-state index in [-0.39, 0.29) is 10.7 Å². The van der Waals surface area contributed by atoms with Crippen LogP contribution in [0.5, 0.6) is 0 Å². The zero-order chi connectivity index (χ0) is 11.4. The van der Waals surface area contributed by atoms with Crippen molar-refractivity contribution >= 4 is 29.9 Å². The SMILES string of the molecule is O=C(O)c1csc(C(O)C(O)CCS)n1. The first-order valence-electron chi connectivity index (χ1n) is 4.22.